The van der Waals surface area contributed by atoms with Gasteiger partial charge >= 0.3 is 11.9 Å². The third-order valence-corrected chi connectivity index (χ3v) is 7.87. The van der Waals surface area contributed by atoms with E-state index in [0.29, 0.717) is 18.6 Å². The number of carbonyl (C=O) groups is 3. The van der Waals surface area contributed by atoms with Gasteiger partial charge in [-0.15, -0.1) is 0 Å². The Balaban J connectivity index is 1.31. The molecule has 1 aliphatic heterocycles. The molecule has 2 aliphatic rings. The number of nitrogens with one attached hydrogen (secondary N) is 1. The van der Waals surface area contributed by atoms with Gasteiger partial charge in [0.15, 0.2) is 0 Å². The first-order valence-corrected chi connectivity index (χ1v) is 13.1. The second kappa shape index (κ2) is 10.2. The number of fused-ring (bicyclic) bond motifs is 1. The molecule has 4 atom stereocenters. The summed E-state index contributed by atoms with van der Waals surface area (Å²) < 4.78 is 5.94. The monoisotopic (exact) mass is 517 g/mol. The summed E-state index contributed by atoms with van der Waals surface area (Å²) in [4.78, 5) is 38.0. The Morgan fingerprint density at radius 2 is 1.36 bits per heavy atom. The van der Waals surface area contributed by atoms with Gasteiger partial charge in [-0.3, -0.25) is 14.4 Å². The predicted molar refractivity (Wildman–Crippen MR) is 147 cm³/mol. The van der Waals surface area contributed by atoms with Crippen LogP contribution in [0.2, 0.25) is 0 Å². The Morgan fingerprint density at radius 1 is 0.718 bits per heavy atom. The smallest absolute Gasteiger partial charge is 0.315 e. The van der Waals surface area contributed by atoms with Gasteiger partial charge in [-0.1, -0.05) is 84.9 Å². The van der Waals surface area contributed by atoms with E-state index in [-0.39, 0.29) is 5.91 Å². The minimum atomic E-state index is -0.928. The van der Waals surface area contributed by atoms with Gasteiger partial charge in [-0.05, 0) is 52.4 Å². The van der Waals surface area contributed by atoms with E-state index in [4.69, 9.17) is 4.74 Å². The fraction of sp³-hybridized carbons (Fsp3) is 0.182. The van der Waals surface area contributed by atoms with Crippen molar-refractivity contribution in [2.75, 3.05) is 5.32 Å². The van der Waals surface area contributed by atoms with Crippen LogP contribution in [0, 0.1) is 11.8 Å². The molecule has 6 rings (SSSR count). The lowest BCUT2D eigenvalue weighted by Crippen LogP contribution is -2.52. The minimum Gasteiger partial charge on any atom is -0.481 e. The van der Waals surface area contributed by atoms with Gasteiger partial charge in [0.1, 0.15) is 5.75 Å². The van der Waals surface area contributed by atoms with E-state index in [0.717, 1.165) is 33.5 Å². The highest BCUT2D eigenvalue weighted by molar-refractivity contribution is 5.95. The van der Waals surface area contributed by atoms with Crippen LogP contribution in [0.15, 0.2) is 103 Å². The molecule has 0 spiro atoms. The van der Waals surface area contributed by atoms with E-state index in [9.17, 15) is 19.5 Å². The number of aliphatic carboxylic acids is 1. The first kappa shape index (κ1) is 24.6. The summed E-state index contributed by atoms with van der Waals surface area (Å²) >= 11 is 0. The van der Waals surface area contributed by atoms with Crippen molar-refractivity contribution in [2.24, 2.45) is 11.8 Å². The van der Waals surface area contributed by atoms with Crippen LogP contribution in [0.3, 0.4) is 0 Å². The molecule has 0 bridgehead atoms. The van der Waals surface area contributed by atoms with E-state index in [1.807, 2.05) is 91.0 Å². The number of hydrogen-bond acceptors (Lipinski definition) is 4. The van der Waals surface area contributed by atoms with E-state index in [1.165, 1.54) is 0 Å². The van der Waals surface area contributed by atoms with Crippen LogP contribution in [0.1, 0.15) is 34.9 Å². The number of ether oxygens (including phenoxy) is 1. The molecule has 0 saturated heterocycles. The average Bonchev–Trinajstić information content (AvgIpc) is 2.93. The Bertz CT molecular complexity index is 1500. The highest BCUT2D eigenvalue weighted by Crippen LogP contribution is 2.58. The van der Waals surface area contributed by atoms with Gasteiger partial charge in [0, 0.05) is 23.9 Å². The number of carboxylic acids is 1. The number of amides is 1. The standard InChI is InChI=1S/C33H27NO5/c35-27-17-16-20-14-15-24(19-26(20)34-27)23-12-7-13-25(18-23)39-33(38)31-28(21-8-3-1-4-9-21)30(32(36)37)29(31)22-10-5-2-6-11-22/h1-15,18-19,28-31H,16-17H2,(H,34,35)(H,36,37)/t28-,29?,30?,31?/m0/s1. The molecule has 1 heterocycles. The number of carbonyl (C=O) groups excluding carboxylic acids is 2. The van der Waals surface area contributed by atoms with E-state index < -0.39 is 35.6 Å². The van der Waals surface area contributed by atoms with Crippen LogP contribution in [-0.2, 0) is 20.8 Å². The van der Waals surface area contributed by atoms with Crippen molar-refractivity contribution in [3.05, 3.63) is 120 Å². The molecule has 4 aromatic carbocycles. The molecule has 2 N–H and O–H groups in total. The second-order valence-corrected chi connectivity index (χ2v) is 10.1. The summed E-state index contributed by atoms with van der Waals surface area (Å²) in [6, 6.07) is 31.9. The highest BCUT2D eigenvalue weighted by Gasteiger charge is 2.59. The van der Waals surface area contributed by atoms with E-state index in [2.05, 4.69) is 5.32 Å². The summed E-state index contributed by atoms with van der Waals surface area (Å²) in [5, 5.41) is 13.1. The number of benzene rings is 4. The molecule has 194 valence electrons. The van der Waals surface area contributed by atoms with Crippen LogP contribution < -0.4 is 10.1 Å². The lowest BCUT2D eigenvalue weighted by Gasteiger charge is -2.48. The number of esters is 1. The third-order valence-electron chi connectivity index (χ3n) is 7.87. The van der Waals surface area contributed by atoms with Gasteiger partial charge in [-0.2, -0.15) is 0 Å². The second-order valence-electron chi connectivity index (χ2n) is 10.1. The van der Waals surface area contributed by atoms with Gasteiger partial charge < -0.3 is 15.2 Å². The maximum Gasteiger partial charge on any atom is 0.315 e. The van der Waals surface area contributed by atoms with E-state index >= 15 is 0 Å². The average molecular weight is 518 g/mol. The van der Waals surface area contributed by atoms with E-state index in [1.54, 1.807) is 12.1 Å². The van der Waals surface area contributed by atoms with Crippen molar-refractivity contribution in [3.8, 4) is 16.9 Å². The summed E-state index contributed by atoms with van der Waals surface area (Å²) in [6.07, 6.45) is 1.19. The number of hydrogen-bond donors (Lipinski definition) is 2. The van der Waals surface area contributed by atoms with Crippen molar-refractivity contribution in [1.82, 2.24) is 0 Å². The lowest BCUT2D eigenvalue weighted by atomic mass is 9.52. The van der Waals surface area contributed by atoms with Crippen LogP contribution in [0.4, 0.5) is 5.69 Å². The Kier molecular flexibility index (Phi) is 6.45. The molecule has 1 aliphatic carbocycles. The Morgan fingerprint density at radius 3 is 2.00 bits per heavy atom. The summed E-state index contributed by atoms with van der Waals surface area (Å²) in [6.45, 7) is 0. The Hall–Kier alpha value is -4.71. The maximum absolute atomic E-state index is 13.7. The molecule has 0 aromatic heterocycles. The summed E-state index contributed by atoms with van der Waals surface area (Å²) in [7, 11) is 0. The maximum atomic E-state index is 13.7. The molecule has 39 heavy (non-hydrogen) atoms. The van der Waals surface area contributed by atoms with Gasteiger partial charge in [-0.25, -0.2) is 0 Å². The number of rotatable bonds is 6. The molecule has 6 nitrogen and oxygen atoms in total. The first-order valence-electron chi connectivity index (χ1n) is 13.1. The zero-order chi connectivity index (χ0) is 26.9. The van der Waals surface area contributed by atoms with Crippen molar-refractivity contribution >= 4 is 23.5 Å². The van der Waals surface area contributed by atoms with Crippen molar-refractivity contribution in [1.29, 1.82) is 0 Å². The zero-order valence-corrected chi connectivity index (χ0v) is 21.1. The third kappa shape index (κ3) is 4.70. The van der Waals surface area contributed by atoms with Crippen molar-refractivity contribution < 1.29 is 24.2 Å². The van der Waals surface area contributed by atoms with Crippen LogP contribution in [0.25, 0.3) is 11.1 Å². The van der Waals surface area contributed by atoms with Crippen LogP contribution in [-0.4, -0.2) is 23.0 Å². The summed E-state index contributed by atoms with van der Waals surface area (Å²) in [5.74, 6) is -3.40. The molecular weight excluding hydrogens is 490 g/mol. The van der Waals surface area contributed by atoms with Crippen molar-refractivity contribution in [2.45, 2.75) is 24.7 Å². The SMILES string of the molecule is O=C1CCc2ccc(-c3cccc(OC(=O)C4C(c5ccccc5)C(C(=O)O)[C@@H]4c4ccccc4)c3)cc2N1. The molecule has 0 radical (unpaired) electrons. The van der Waals surface area contributed by atoms with Crippen molar-refractivity contribution in [3.63, 3.8) is 0 Å². The molecule has 4 aromatic rings. The number of aryl methyl sites for hydroxylation is 1. The van der Waals surface area contributed by atoms with Gasteiger partial charge in [0.05, 0.1) is 11.8 Å². The Labute approximate surface area is 226 Å². The molecule has 1 amide bonds. The zero-order valence-electron chi connectivity index (χ0n) is 21.1. The normalized spacial score (nSPS) is 21.7. The lowest BCUT2D eigenvalue weighted by molar-refractivity contribution is -0.158. The van der Waals surface area contributed by atoms with Gasteiger partial charge in [0.25, 0.3) is 0 Å². The molecule has 6 heteroatoms. The highest BCUT2D eigenvalue weighted by atomic mass is 16.5. The quantitative estimate of drug-likeness (QED) is 0.240. The minimum absolute atomic E-state index is 0.00318. The largest absolute Gasteiger partial charge is 0.481 e. The fourth-order valence-corrected chi connectivity index (χ4v) is 6.00. The molecule has 1 saturated carbocycles. The number of carboxylic acid groups (broad SMARTS) is 1. The summed E-state index contributed by atoms with van der Waals surface area (Å²) in [5.41, 5.74) is 5.26. The first-order chi connectivity index (χ1) is 19.0. The topological polar surface area (TPSA) is 92.7 Å². The van der Waals surface area contributed by atoms with Crippen LogP contribution >= 0.6 is 0 Å². The van der Waals surface area contributed by atoms with Gasteiger partial charge in [0.2, 0.25) is 5.91 Å². The molecular formula is C33H27NO5. The molecule has 3 unspecified atom stereocenters. The fourth-order valence-electron chi connectivity index (χ4n) is 6.00. The number of anilines is 1. The predicted octanol–water partition coefficient (Wildman–Crippen LogP) is 6.04. The van der Waals surface area contributed by atoms with Crippen LogP contribution in [0.5, 0.6) is 5.75 Å². The molecule has 1 fully saturated rings.